The van der Waals surface area contributed by atoms with Crippen LogP contribution in [0.25, 0.3) is 11.3 Å². The summed E-state index contributed by atoms with van der Waals surface area (Å²) in [6.45, 7) is 8.50. The molecule has 0 saturated carbocycles. The van der Waals surface area contributed by atoms with Crippen LogP contribution in [0.3, 0.4) is 0 Å². The predicted octanol–water partition coefficient (Wildman–Crippen LogP) is 1.52. The Labute approximate surface area is 154 Å². The molecule has 140 valence electrons. The predicted molar refractivity (Wildman–Crippen MR) is 97.2 cm³/mol. The lowest BCUT2D eigenvalue weighted by Crippen LogP contribution is -2.88. The van der Waals surface area contributed by atoms with Gasteiger partial charge in [-0.1, -0.05) is 50.2 Å². The van der Waals surface area contributed by atoms with E-state index < -0.39 is 5.97 Å². The van der Waals surface area contributed by atoms with Gasteiger partial charge in [-0.05, 0) is 23.3 Å². The van der Waals surface area contributed by atoms with Crippen molar-refractivity contribution in [3.8, 4) is 11.3 Å². The van der Waals surface area contributed by atoms with Crippen LogP contribution in [0.15, 0.2) is 34.9 Å². The lowest BCUT2D eigenvalue weighted by atomic mass is 9.81. The van der Waals surface area contributed by atoms with E-state index >= 15 is 0 Å². The van der Waals surface area contributed by atoms with Crippen LogP contribution in [-0.4, -0.2) is 24.2 Å². The molecular formula is C21H28N2O3. The molecule has 5 heteroatoms. The molecule has 2 aromatic rings. The summed E-state index contributed by atoms with van der Waals surface area (Å²) in [6.07, 6.45) is 1.80. The molecule has 0 aliphatic carbocycles. The van der Waals surface area contributed by atoms with Gasteiger partial charge in [0.05, 0.1) is 18.8 Å². The van der Waals surface area contributed by atoms with Crippen LogP contribution in [0.4, 0.5) is 0 Å². The topological polar surface area (TPSA) is 82.8 Å². The largest absolute Gasteiger partial charge is 0.550 e. The zero-order valence-corrected chi connectivity index (χ0v) is 15.8. The second-order valence-electron chi connectivity index (χ2n) is 8.41. The van der Waals surface area contributed by atoms with Crippen molar-refractivity contribution in [3.05, 3.63) is 41.6 Å². The van der Waals surface area contributed by atoms with Gasteiger partial charge in [-0.2, -0.15) is 0 Å². The minimum Gasteiger partial charge on any atom is -0.550 e. The van der Waals surface area contributed by atoms with Gasteiger partial charge in [-0.15, -0.1) is 0 Å². The summed E-state index contributed by atoms with van der Waals surface area (Å²) < 4.78 is 5.55. The zero-order chi connectivity index (χ0) is 18.7. The number of aliphatic carboxylic acids is 1. The molecule has 1 aliphatic rings. The third-order valence-electron chi connectivity index (χ3n) is 5.37. The van der Waals surface area contributed by atoms with Crippen molar-refractivity contribution in [2.45, 2.75) is 45.4 Å². The molecule has 0 amide bonds. The van der Waals surface area contributed by atoms with Gasteiger partial charge in [0.25, 0.3) is 0 Å². The summed E-state index contributed by atoms with van der Waals surface area (Å²) >= 11 is 0. The summed E-state index contributed by atoms with van der Waals surface area (Å²) in [7, 11) is 0. The van der Waals surface area contributed by atoms with Crippen molar-refractivity contribution < 1.29 is 19.7 Å². The van der Waals surface area contributed by atoms with E-state index in [0.717, 1.165) is 42.9 Å². The maximum atomic E-state index is 11.0. The van der Waals surface area contributed by atoms with Crippen LogP contribution < -0.4 is 10.4 Å². The highest BCUT2D eigenvalue weighted by Crippen LogP contribution is 2.28. The molecular weight excluding hydrogens is 328 g/mol. The minimum absolute atomic E-state index is 0.122. The monoisotopic (exact) mass is 356 g/mol. The molecule has 1 aromatic heterocycles. The summed E-state index contributed by atoms with van der Waals surface area (Å²) in [4.78, 5) is 11.0. The zero-order valence-electron chi connectivity index (χ0n) is 15.8. The van der Waals surface area contributed by atoms with E-state index in [9.17, 15) is 9.90 Å². The number of aromatic nitrogens is 1. The van der Waals surface area contributed by atoms with Crippen LogP contribution in [0.5, 0.6) is 0 Å². The van der Waals surface area contributed by atoms with Crippen molar-refractivity contribution in [1.82, 2.24) is 5.16 Å². The molecule has 0 unspecified atom stereocenters. The number of carbonyl (C=O) groups is 1. The SMILES string of the molecule is CC(C)(C)c1ccc(-c2cc(C[C@H]3C[NH2+]CC[C@H]3CC(=O)[O-])no2)cc1. The molecule has 1 saturated heterocycles. The third-order valence-corrected chi connectivity index (χ3v) is 5.37. The highest BCUT2D eigenvalue weighted by molar-refractivity contribution is 5.64. The lowest BCUT2D eigenvalue weighted by Gasteiger charge is -2.29. The Bertz CT molecular complexity index is 743. The van der Waals surface area contributed by atoms with Crippen molar-refractivity contribution >= 4 is 5.97 Å². The van der Waals surface area contributed by atoms with Crippen LogP contribution in [0.2, 0.25) is 0 Å². The number of carbonyl (C=O) groups excluding carboxylic acids is 1. The normalized spacial score (nSPS) is 20.9. The van der Waals surface area contributed by atoms with E-state index in [2.05, 4.69) is 55.5 Å². The Balaban J connectivity index is 1.70. The lowest BCUT2D eigenvalue weighted by molar-refractivity contribution is -0.672. The van der Waals surface area contributed by atoms with Gasteiger partial charge in [-0.25, -0.2) is 0 Å². The van der Waals surface area contributed by atoms with Crippen LogP contribution in [0, 0.1) is 11.8 Å². The maximum Gasteiger partial charge on any atom is 0.167 e. The van der Waals surface area contributed by atoms with Crippen LogP contribution >= 0.6 is 0 Å². The fraction of sp³-hybridized carbons (Fsp3) is 0.524. The number of hydrogen-bond donors (Lipinski definition) is 1. The van der Waals surface area contributed by atoms with Crippen LogP contribution in [-0.2, 0) is 16.6 Å². The van der Waals surface area contributed by atoms with Crippen molar-refractivity contribution in [1.29, 1.82) is 0 Å². The molecule has 1 aromatic carbocycles. The van der Waals surface area contributed by atoms with E-state index in [1.807, 2.05) is 6.07 Å². The molecule has 0 spiro atoms. The van der Waals surface area contributed by atoms with Crippen molar-refractivity contribution in [2.24, 2.45) is 11.8 Å². The molecule has 2 heterocycles. The van der Waals surface area contributed by atoms with Gasteiger partial charge < -0.3 is 19.7 Å². The van der Waals surface area contributed by atoms with Crippen molar-refractivity contribution in [3.63, 3.8) is 0 Å². The van der Waals surface area contributed by atoms with Gasteiger partial charge in [0.1, 0.15) is 0 Å². The fourth-order valence-corrected chi connectivity index (χ4v) is 3.77. The number of carboxylic acid groups (broad SMARTS) is 1. The summed E-state index contributed by atoms with van der Waals surface area (Å²) in [5, 5.41) is 17.5. The van der Waals surface area contributed by atoms with Crippen molar-refractivity contribution in [2.75, 3.05) is 13.1 Å². The van der Waals surface area contributed by atoms with Gasteiger partial charge in [0.15, 0.2) is 5.76 Å². The summed E-state index contributed by atoms with van der Waals surface area (Å²) in [5.74, 6) is 0.262. The Morgan fingerprint density at radius 2 is 2.00 bits per heavy atom. The second kappa shape index (κ2) is 7.62. The molecule has 5 nitrogen and oxygen atoms in total. The average Bonchev–Trinajstić information content (AvgIpc) is 3.04. The molecule has 26 heavy (non-hydrogen) atoms. The second-order valence-corrected chi connectivity index (χ2v) is 8.41. The molecule has 1 fully saturated rings. The highest BCUT2D eigenvalue weighted by atomic mass is 16.5. The first-order valence-corrected chi connectivity index (χ1v) is 9.41. The van der Waals surface area contributed by atoms with Gasteiger partial charge in [0, 0.05) is 36.4 Å². The third kappa shape index (κ3) is 4.52. The minimum atomic E-state index is -0.957. The van der Waals surface area contributed by atoms with E-state index in [1.54, 1.807) is 0 Å². The van der Waals surface area contributed by atoms with Gasteiger partial charge in [0.2, 0.25) is 0 Å². The van der Waals surface area contributed by atoms with E-state index in [0.29, 0.717) is 5.92 Å². The fourth-order valence-electron chi connectivity index (χ4n) is 3.77. The number of hydrogen-bond acceptors (Lipinski definition) is 4. The molecule has 0 bridgehead atoms. The molecule has 2 atom stereocenters. The maximum absolute atomic E-state index is 11.0. The molecule has 0 radical (unpaired) electrons. The number of carboxylic acids is 1. The number of rotatable bonds is 5. The first kappa shape index (κ1) is 18.6. The number of benzene rings is 1. The molecule has 1 aliphatic heterocycles. The van der Waals surface area contributed by atoms with E-state index in [1.165, 1.54) is 5.56 Å². The standard InChI is InChI=1S/C21H28N2O3/c1-21(2,3)17-6-4-14(5-7-17)19-12-18(23-26-19)10-16-13-22-9-8-15(16)11-20(24)25/h4-7,12,15-16,22H,8-11,13H2,1-3H3,(H,24,25)/t15-,16-/m0/s1. The molecule has 3 rings (SSSR count). The number of nitrogens with two attached hydrogens (primary N) is 1. The number of quaternary nitrogens is 1. The highest BCUT2D eigenvalue weighted by Gasteiger charge is 2.28. The number of piperidine rings is 1. The molecule has 2 N–H and O–H groups in total. The number of nitrogens with zero attached hydrogens (tertiary/aromatic N) is 1. The Morgan fingerprint density at radius 3 is 2.65 bits per heavy atom. The van der Waals surface area contributed by atoms with Crippen LogP contribution in [0.1, 0.15) is 44.9 Å². The Hall–Kier alpha value is -2.14. The van der Waals surface area contributed by atoms with E-state index in [4.69, 9.17) is 4.52 Å². The van der Waals surface area contributed by atoms with Gasteiger partial charge >= 0.3 is 0 Å². The first-order valence-electron chi connectivity index (χ1n) is 9.41. The summed E-state index contributed by atoms with van der Waals surface area (Å²) in [6, 6.07) is 10.4. The summed E-state index contributed by atoms with van der Waals surface area (Å²) in [5.41, 5.74) is 3.31. The Kier molecular flexibility index (Phi) is 5.47. The van der Waals surface area contributed by atoms with Gasteiger partial charge in [-0.3, -0.25) is 0 Å². The van der Waals surface area contributed by atoms with E-state index in [-0.39, 0.29) is 17.8 Å². The quantitative estimate of drug-likeness (QED) is 0.880. The first-order chi connectivity index (χ1) is 12.3. The smallest absolute Gasteiger partial charge is 0.167 e. The average molecular weight is 356 g/mol. The Morgan fingerprint density at radius 1 is 1.27 bits per heavy atom.